The molecular weight excluding hydrogens is 377 g/mol. The minimum absolute atomic E-state index is 0.167. The van der Waals surface area contributed by atoms with E-state index in [9.17, 15) is 23.6 Å². The SMILES string of the molecule is CCN(CC(=O)NCc1ccc(F)cc1)C(=O)CN1C(=O)C2CCCCC2C1=O. The van der Waals surface area contributed by atoms with E-state index in [2.05, 4.69) is 5.32 Å². The lowest BCUT2D eigenvalue weighted by Gasteiger charge is -2.23. The molecule has 156 valence electrons. The second-order valence-corrected chi connectivity index (χ2v) is 7.57. The number of imide groups is 1. The van der Waals surface area contributed by atoms with Crippen LogP contribution in [0.5, 0.6) is 0 Å². The summed E-state index contributed by atoms with van der Waals surface area (Å²) < 4.78 is 12.9. The molecule has 1 aromatic rings. The zero-order valence-electron chi connectivity index (χ0n) is 16.5. The molecule has 1 saturated heterocycles. The maximum atomic E-state index is 12.9. The Labute approximate surface area is 169 Å². The summed E-state index contributed by atoms with van der Waals surface area (Å²) in [7, 11) is 0. The van der Waals surface area contributed by atoms with Crippen molar-refractivity contribution in [2.45, 2.75) is 39.2 Å². The first-order valence-corrected chi connectivity index (χ1v) is 10.0. The number of amides is 4. The molecule has 2 atom stereocenters. The molecule has 0 radical (unpaired) electrons. The van der Waals surface area contributed by atoms with Crippen molar-refractivity contribution >= 4 is 23.6 Å². The highest BCUT2D eigenvalue weighted by Gasteiger charge is 2.48. The quantitative estimate of drug-likeness (QED) is 0.699. The first-order chi connectivity index (χ1) is 13.9. The fourth-order valence-electron chi connectivity index (χ4n) is 4.03. The molecule has 4 amide bonds. The van der Waals surface area contributed by atoms with Gasteiger partial charge in [0.1, 0.15) is 12.4 Å². The van der Waals surface area contributed by atoms with Crippen LogP contribution in [-0.2, 0) is 25.7 Å². The summed E-state index contributed by atoms with van der Waals surface area (Å²) in [5, 5.41) is 2.69. The summed E-state index contributed by atoms with van der Waals surface area (Å²) in [6.07, 6.45) is 3.25. The fourth-order valence-corrected chi connectivity index (χ4v) is 4.03. The summed E-state index contributed by atoms with van der Waals surface area (Å²) in [6.45, 7) is 1.76. The van der Waals surface area contributed by atoms with Gasteiger partial charge in [0.2, 0.25) is 23.6 Å². The number of carbonyl (C=O) groups excluding carboxylic acids is 4. The van der Waals surface area contributed by atoms with E-state index in [-0.39, 0.29) is 61.6 Å². The van der Waals surface area contributed by atoms with E-state index in [1.807, 2.05) is 0 Å². The van der Waals surface area contributed by atoms with E-state index in [1.54, 1.807) is 19.1 Å². The molecule has 1 aliphatic heterocycles. The number of fused-ring (bicyclic) bond motifs is 1. The van der Waals surface area contributed by atoms with Crippen molar-refractivity contribution < 1.29 is 23.6 Å². The van der Waals surface area contributed by atoms with Crippen LogP contribution in [0.4, 0.5) is 4.39 Å². The number of likely N-dealkylation sites (tertiary alicyclic amines) is 1. The van der Waals surface area contributed by atoms with Crippen molar-refractivity contribution in [3.8, 4) is 0 Å². The Kier molecular flexibility index (Phi) is 6.61. The number of rotatable bonds is 7. The lowest BCUT2D eigenvalue weighted by atomic mass is 9.81. The van der Waals surface area contributed by atoms with E-state index in [4.69, 9.17) is 0 Å². The van der Waals surface area contributed by atoms with E-state index in [0.717, 1.165) is 23.3 Å². The van der Waals surface area contributed by atoms with Crippen molar-refractivity contribution in [1.82, 2.24) is 15.1 Å². The highest BCUT2D eigenvalue weighted by molar-refractivity contribution is 6.07. The maximum Gasteiger partial charge on any atom is 0.243 e. The molecule has 0 bridgehead atoms. The normalized spacial score (nSPS) is 21.1. The highest BCUT2D eigenvalue weighted by atomic mass is 19.1. The van der Waals surface area contributed by atoms with Crippen LogP contribution in [0.25, 0.3) is 0 Å². The Hall–Kier alpha value is -2.77. The highest BCUT2D eigenvalue weighted by Crippen LogP contribution is 2.37. The molecule has 1 aromatic carbocycles. The third-order valence-electron chi connectivity index (χ3n) is 5.70. The maximum absolute atomic E-state index is 12.9. The molecule has 8 heteroatoms. The van der Waals surface area contributed by atoms with Gasteiger partial charge >= 0.3 is 0 Å². The Morgan fingerprint density at radius 1 is 1.10 bits per heavy atom. The standard InChI is InChI=1S/C21H26FN3O4/c1-2-24(12-18(26)23-11-14-7-9-15(22)10-8-14)19(27)13-25-20(28)16-5-3-4-6-17(16)21(25)29/h7-10,16-17H,2-6,11-13H2,1H3,(H,23,26). The summed E-state index contributed by atoms with van der Waals surface area (Å²) >= 11 is 0. The topological polar surface area (TPSA) is 86.8 Å². The van der Waals surface area contributed by atoms with Gasteiger partial charge in [-0.3, -0.25) is 24.1 Å². The minimum Gasteiger partial charge on any atom is -0.350 e. The Morgan fingerprint density at radius 3 is 2.24 bits per heavy atom. The molecule has 1 aliphatic carbocycles. The number of nitrogens with zero attached hydrogens (tertiary/aromatic N) is 2. The number of benzene rings is 1. The van der Waals surface area contributed by atoms with Crippen molar-refractivity contribution in [1.29, 1.82) is 0 Å². The Balaban J connectivity index is 1.53. The number of carbonyl (C=O) groups is 4. The van der Waals surface area contributed by atoms with Crippen molar-refractivity contribution in [3.63, 3.8) is 0 Å². The largest absolute Gasteiger partial charge is 0.350 e. The first kappa shape index (κ1) is 21.0. The molecular formula is C21H26FN3O4. The minimum atomic E-state index is -0.426. The predicted octanol–water partition coefficient (Wildman–Crippen LogP) is 1.47. The smallest absolute Gasteiger partial charge is 0.243 e. The molecule has 0 spiro atoms. The van der Waals surface area contributed by atoms with Gasteiger partial charge in [0.25, 0.3) is 0 Å². The number of hydrogen-bond acceptors (Lipinski definition) is 4. The zero-order chi connectivity index (χ0) is 21.0. The van der Waals surface area contributed by atoms with E-state index < -0.39 is 5.91 Å². The molecule has 1 saturated carbocycles. The molecule has 3 rings (SSSR count). The molecule has 0 aromatic heterocycles. The predicted molar refractivity (Wildman–Crippen MR) is 103 cm³/mol. The molecule has 7 nitrogen and oxygen atoms in total. The number of likely N-dealkylation sites (N-methyl/N-ethyl adjacent to an activating group) is 1. The average Bonchev–Trinajstić information content (AvgIpc) is 2.96. The second kappa shape index (κ2) is 9.15. The molecule has 2 aliphatic rings. The molecule has 2 fully saturated rings. The summed E-state index contributed by atoms with van der Waals surface area (Å²) in [4.78, 5) is 52.3. The monoisotopic (exact) mass is 403 g/mol. The van der Waals surface area contributed by atoms with E-state index >= 15 is 0 Å². The number of hydrogen-bond donors (Lipinski definition) is 1. The van der Waals surface area contributed by atoms with E-state index in [0.29, 0.717) is 12.8 Å². The number of nitrogens with one attached hydrogen (secondary N) is 1. The molecule has 1 N–H and O–H groups in total. The van der Waals surface area contributed by atoms with Crippen LogP contribution in [0.15, 0.2) is 24.3 Å². The zero-order valence-corrected chi connectivity index (χ0v) is 16.5. The van der Waals surface area contributed by atoms with Gasteiger partial charge in [0.15, 0.2) is 0 Å². The van der Waals surface area contributed by atoms with E-state index in [1.165, 1.54) is 17.0 Å². The van der Waals surface area contributed by atoms with Gasteiger partial charge in [-0.05, 0) is 37.5 Å². The van der Waals surface area contributed by atoms with Crippen LogP contribution in [-0.4, -0.2) is 53.1 Å². The summed E-state index contributed by atoms with van der Waals surface area (Å²) in [5.74, 6) is -2.25. The average molecular weight is 403 g/mol. The van der Waals surface area contributed by atoms with Gasteiger partial charge < -0.3 is 10.2 Å². The lowest BCUT2D eigenvalue weighted by Crippen LogP contribution is -2.46. The van der Waals surface area contributed by atoms with Crippen molar-refractivity contribution in [2.24, 2.45) is 11.8 Å². The Bertz CT molecular complexity index is 772. The van der Waals surface area contributed by atoms with Crippen molar-refractivity contribution in [2.75, 3.05) is 19.6 Å². The molecule has 2 unspecified atom stereocenters. The number of halogens is 1. The van der Waals surface area contributed by atoms with Crippen LogP contribution in [0, 0.1) is 17.7 Å². The molecule has 29 heavy (non-hydrogen) atoms. The first-order valence-electron chi connectivity index (χ1n) is 10.0. The summed E-state index contributed by atoms with van der Waals surface area (Å²) in [6, 6.07) is 5.76. The van der Waals surface area contributed by atoms with Crippen LogP contribution in [0.2, 0.25) is 0 Å². The third-order valence-corrected chi connectivity index (χ3v) is 5.70. The van der Waals surface area contributed by atoms with Crippen LogP contribution in [0.1, 0.15) is 38.2 Å². The lowest BCUT2D eigenvalue weighted by molar-refractivity contribution is -0.147. The van der Waals surface area contributed by atoms with Crippen LogP contribution in [0.3, 0.4) is 0 Å². The van der Waals surface area contributed by atoms with Gasteiger partial charge in [0.05, 0.1) is 18.4 Å². The summed E-state index contributed by atoms with van der Waals surface area (Å²) in [5.41, 5.74) is 0.741. The van der Waals surface area contributed by atoms with Gasteiger partial charge in [-0.2, -0.15) is 0 Å². The van der Waals surface area contributed by atoms with Gasteiger partial charge in [0, 0.05) is 13.1 Å². The van der Waals surface area contributed by atoms with Gasteiger partial charge in [-0.15, -0.1) is 0 Å². The van der Waals surface area contributed by atoms with Gasteiger partial charge in [-0.25, -0.2) is 4.39 Å². The van der Waals surface area contributed by atoms with Crippen LogP contribution >= 0.6 is 0 Å². The second-order valence-electron chi connectivity index (χ2n) is 7.57. The molecule has 1 heterocycles. The fraction of sp³-hybridized carbons (Fsp3) is 0.524. The Morgan fingerprint density at radius 2 is 1.69 bits per heavy atom. The van der Waals surface area contributed by atoms with Crippen molar-refractivity contribution in [3.05, 3.63) is 35.6 Å². The van der Waals surface area contributed by atoms with Crippen LogP contribution < -0.4 is 5.32 Å². The third kappa shape index (κ3) is 4.81. The van der Waals surface area contributed by atoms with Gasteiger partial charge in [-0.1, -0.05) is 25.0 Å².